The van der Waals surface area contributed by atoms with E-state index in [1.807, 2.05) is 18.7 Å². The molecule has 0 radical (unpaired) electrons. The van der Waals surface area contributed by atoms with Crippen LogP contribution in [0.5, 0.6) is 0 Å². The van der Waals surface area contributed by atoms with E-state index < -0.39 is 0 Å². The second kappa shape index (κ2) is 7.34. The summed E-state index contributed by atoms with van der Waals surface area (Å²) in [6, 6.07) is 0. The number of amides is 1. The molecule has 0 spiro atoms. The van der Waals surface area contributed by atoms with Crippen molar-refractivity contribution in [3.8, 4) is 0 Å². The first-order valence-electron chi connectivity index (χ1n) is 9.23. The SMILES string of the molecule is CCn1c([C@@H]2CCCN(C(=O)c3sc(C(C)C)nc3C)C2)nn(C)c1=O. The third kappa shape index (κ3) is 3.34. The summed E-state index contributed by atoms with van der Waals surface area (Å²) in [6.07, 6.45) is 1.86. The highest BCUT2D eigenvalue weighted by atomic mass is 32.1. The Labute approximate surface area is 157 Å². The highest BCUT2D eigenvalue weighted by Gasteiger charge is 2.31. The van der Waals surface area contributed by atoms with E-state index in [1.165, 1.54) is 16.0 Å². The van der Waals surface area contributed by atoms with Gasteiger partial charge in [0.25, 0.3) is 5.91 Å². The molecule has 0 aromatic carbocycles. The fraction of sp³-hybridized carbons (Fsp3) is 0.667. The second-order valence-corrected chi connectivity index (χ2v) is 8.25. The number of rotatable bonds is 4. The number of piperidine rings is 1. The first kappa shape index (κ1) is 18.8. The van der Waals surface area contributed by atoms with Gasteiger partial charge in [-0.05, 0) is 26.7 Å². The number of hydrogen-bond acceptors (Lipinski definition) is 5. The van der Waals surface area contributed by atoms with Crippen LogP contribution in [0.25, 0.3) is 0 Å². The largest absolute Gasteiger partial charge is 0.345 e. The van der Waals surface area contributed by atoms with Crippen molar-refractivity contribution >= 4 is 17.2 Å². The lowest BCUT2D eigenvalue weighted by Crippen LogP contribution is -2.40. The molecule has 1 saturated heterocycles. The van der Waals surface area contributed by atoms with Crippen LogP contribution in [0.3, 0.4) is 0 Å². The summed E-state index contributed by atoms with van der Waals surface area (Å²) in [6.45, 7) is 9.98. The van der Waals surface area contributed by atoms with Gasteiger partial charge in [-0.2, -0.15) is 5.10 Å². The average molecular weight is 378 g/mol. The molecule has 2 aromatic heterocycles. The maximum Gasteiger partial charge on any atom is 0.345 e. The normalized spacial score (nSPS) is 17.9. The monoisotopic (exact) mass is 377 g/mol. The number of thiazole rings is 1. The third-order valence-electron chi connectivity index (χ3n) is 4.93. The molecule has 0 bridgehead atoms. The van der Waals surface area contributed by atoms with E-state index in [1.54, 1.807) is 11.6 Å². The van der Waals surface area contributed by atoms with Crippen molar-refractivity contribution in [1.29, 1.82) is 0 Å². The van der Waals surface area contributed by atoms with Crippen LogP contribution in [-0.4, -0.2) is 43.2 Å². The second-order valence-electron chi connectivity index (χ2n) is 7.22. The predicted octanol–water partition coefficient (Wildman–Crippen LogP) is 2.51. The van der Waals surface area contributed by atoms with Gasteiger partial charge in [-0.3, -0.25) is 9.36 Å². The Morgan fingerprint density at radius 3 is 2.73 bits per heavy atom. The molecule has 1 atom stereocenters. The molecule has 0 aliphatic carbocycles. The summed E-state index contributed by atoms with van der Waals surface area (Å²) in [5.41, 5.74) is 0.722. The molecule has 0 unspecified atom stereocenters. The van der Waals surface area contributed by atoms with Gasteiger partial charge in [-0.25, -0.2) is 14.5 Å². The van der Waals surface area contributed by atoms with Crippen molar-refractivity contribution in [2.24, 2.45) is 7.05 Å². The predicted molar refractivity (Wildman–Crippen MR) is 102 cm³/mol. The van der Waals surface area contributed by atoms with E-state index in [-0.39, 0.29) is 17.5 Å². The van der Waals surface area contributed by atoms with E-state index in [9.17, 15) is 9.59 Å². The van der Waals surface area contributed by atoms with Gasteiger partial charge in [0.15, 0.2) is 0 Å². The minimum atomic E-state index is -0.0918. The maximum atomic E-state index is 13.1. The topological polar surface area (TPSA) is 73.0 Å². The van der Waals surface area contributed by atoms with E-state index in [4.69, 9.17) is 0 Å². The summed E-state index contributed by atoms with van der Waals surface area (Å²) in [5.74, 6) is 1.26. The van der Waals surface area contributed by atoms with Gasteiger partial charge in [0.05, 0.1) is 10.7 Å². The molecule has 2 aromatic rings. The van der Waals surface area contributed by atoms with Gasteiger partial charge >= 0.3 is 5.69 Å². The molecule has 0 saturated carbocycles. The molecule has 0 N–H and O–H groups in total. The van der Waals surface area contributed by atoms with Crippen molar-refractivity contribution in [2.75, 3.05) is 13.1 Å². The summed E-state index contributed by atoms with van der Waals surface area (Å²) in [4.78, 5) is 32.4. The minimum absolute atomic E-state index is 0.0536. The first-order valence-corrected chi connectivity index (χ1v) is 10.0. The van der Waals surface area contributed by atoms with Gasteiger partial charge in [0, 0.05) is 38.5 Å². The van der Waals surface area contributed by atoms with Crippen molar-refractivity contribution in [1.82, 2.24) is 24.2 Å². The molecule has 142 valence electrons. The number of carbonyl (C=O) groups is 1. The summed E-state index contributed by atoms with van der Waals surface area (Å²) < 4.78 is 3.11. The van der Waals surface area contributed by atoms with Crippen LogP contribution < -0.4 is 5.69 Å². The Kier molecular flexibility index (Phi) is 5.32. The van der Waals surface area contributed by atoms with E-state index in [0.717, 1.165) is 40.8 Å². The average Bonchev–Trinajstić information content (AvgIpc) is 3.15. The van der Waals surface area contributed by atoms with Crippen molar-refractivity contribution in [3.05, 3.63) is 31.9 Å². The van der Waals surface area contributed by atoms with Gasteiger partial charge in [-0.15, -0.1) is 11.3 Å². The Morgan fingerprint density at radius 1 is 1.38 bits per heavy atom. The lowest BCUT2D eigenvalue weighted by molar-refractivity contribution is 0.0707. The van der Waals surface area contributed by atoms with Crippen molar-refractivity contribution in [2.45, 2.75) is 58.9 Å². The number of aryl methyl sites for hydroxylation is 2. The molecule has 1 fully saturated rings. The molecular weight excluding hydrogens is 350 g/mol. The molecular formula is C18H27N5O2S. The maximum absolute atomic E-state index is 13.1. The zero-order valence-corrected chi connectivity index (χ0v) is 17.0. The quantitative estimate of drug-likeness (QED) is 0.821. The van der Waals surface area contributed by atoms with Crippen LogP contribution in [0.1, 0.15) is 71.6 Å². The van der Waals surface area contributed by atoms with Gasteiger partial charge < -0.3 is 4.90 Å². The van der Waals surface area contributed by atoms with Gasteiger partial charge in [0.1, 0.15) is 10.7 Å². The summed E-state index contributed by atoms with van der Waals surface area (Å²) >= 11 is 1.50. The van der Waals surface area contributed by atoms with Crippen LogP contribution >= 0.6 is 11.3 Å². The molecule has 1 amide bonds. The summed E-state index contributed by atoms with van der Waals surface area (Å²) in [7, 11) is 1.68. The summed E-state index contributed by atoms with van der Waals surface area (Å²) in [5, 5.41) is 5.44. The van der Waals surface area contributed by atoms with Crippen LogP contribution in [0.4, 0.5) is 0 Å². The number of likely N-dealkylation sites (tertiary alicyclic amines) is 1. The lowest BCUT2D eigenvalue weighted by atomic mass is 9.97. The van der Waals surface area contributed by atoms with Crippen LogP contribution in [-0.2, 0) is 13.6 Å². The third-order valence-corrected chi connectivity index (χ3v) is 6.37. The Morgan fingerprint density at radius 2 is 2.12 bits per heavy atom. The zero-order valence-electron chi connectivity index (χ0n) is 16.2. The molecule has 3 heterocycles. The minimum Gasteiger partial charge on any atom is -0.337 e. The van der Waals surface area contributed by atoms with Crippen molar-refractivity contribution < 1.29 is 4.79 Å². The molecule has 26 heavy (non-hydrogen) atoms. The highest BCUT2D eigenvalue weighted by molar-refractivity contribution is 7.13. The first-order chi connectivity index (χ1) is 12.3. The molecule has 8 heteroatoms. The number of nitrogens with zero attached hydrogens (tertiary/aromatic N) is 5. The molecule has 3 rings (SSSR count). The Hall–Kier alpha value is -1.96. The van der Waals surface area contributed by atoms with E-state index in [2.05, 4.69) is 23.9 Å². The molecule has 7 nitrogen and oxygen atoms in total. The fourth-order valence-corrected chi connectivity index (χ4v) is 4.54. The van der Waals surface area contributed by atoms with Crippen LogP contribution in [0, 0.1) is 6.92 Å². The number of aromatic nitrogens is 4. The smallest absolute Gasteiger partial charge is 0.337 e. The zero-order chi connectivity index (χ0) is 19.0. The number of hydrogen-bond donors (Lipinski definition) is 0. The Bertz CT molecular complexity index is 864. The van der Waals surface area contributed by atoms with Crippen LogP contribution in [0.15, 0.2) is 4.79 Å². The van der Waals surface area contributed by atoms with Crippen LogP contribution in [0.2, 0.25) is 0 Å². The molecule has 1 aliphatic rings. The van der Waals surface area contributed by atoms with Gasteiger partial charge in [-0.1, -0.05) is 13.8 Å². The lowest BCUT2D eigenvalue weighted by Gasteiger charge is -2.32. The fourth-order valence-electron chi connectivity index (χ4n) is 3.50. The highest BCUT2D eigenvalue weighted by Crippen LogP contribution is 2.30. The van der Waals surface area contributed by atoms with E-state index in [0.29, 0.717) is 19.0 Å². The standard InChI is InChI=1S/C18H27N5O2S/c1-6-23-15(20-21(5)18(23)25)13-8-7-9-22(10-13)17(24)14-12(4)19-16(26-14)11(2)3/h11,13H,6-10H2,1-5H3/t13-/m1/s1. The van der Waals surface area contributed by atoms with Crippen molar-refractivity contribution in [3.63, 3.8) is 0 Å². The number of carbonyl (C=O) groups excluding carboxylic acids is 1. The van der Waals surface area contributed by atoms with Gasteiger partial charge in [0.2, 0.25) is 0 Å². The Balaban J connectivity index is 1.84. The van der Waals surface area contributed by atoms with E-state index >= 15 is 0 Å². The molecule has 1 aliphatic heterocycles.